The first kappa shape index (κ1) is 14.7. The van der Waals surface area contributed by atoms with Gasteiger partial charge >= 0.3 is 0 Å². The molecule has 1 aromatic rings. The van der Waals surface area contributed by atoms with Crippen LogP contribution < -0.4 is 11.1 Å². The summed E-state index contributed by atoms with van der Waals surface area (Å²) in [6, 6.07) is -0.109. The molecule has 0 radical (unpaired) electrons. The molecular weight excluding hydrogens is 228 g/mol. The van der Waals surface area contributed by atoms with Crippen LogP contribution in [0.1, 0.15) is 39.4 Å². The van der Waals surface area contributed by atoms with Crippen LogP contribution in [0.2, 0.25) is 0 Å². The molecule has 0 saturated heterocycles. The van der Waals surface area contributed by atoms with E-state index in [0.29, 0.717) is 13.0 Å². The number of aromatic amines is 1. The van der Waals surface area contributed by atoms with Crippen LogP contribution in [0.15, 0.2) is 12.4 Å². The molecule has 4 N–H and O–H groups in total. The molecule has 0 saturated carbocycles. The van der Waals surface area contributed by atoms with Crippen molar-refractivity contribution in [3.63, 3.8) is 0 Å². The SMILES string of the molecule is CC(C)(C)C(N)CC(=O)NCCCc1ncc[nH]1. The Morgan fingerprint density at radius 3 is 2.83 bits per heavy atom. The van der Waals surface area contributed by atoms with E-state index in [9.17, 15) is 4.79 Å². The summed E-state index contributed by atoms with van der Waals surface area (Å²) >= 11 is 0. The monoisotopic (exact) mass is 252 g/mol. The van der Waals surface area contributed by atoms with Gasteiger partial charge in [-0.25, -0.2) is 4.98 Å². The van der Waals surface area contributed by atoms with Crippen LogP contribution in [0.3, 0.4) is 0 Å². The van der Waals surface area contributed by atoms with Crippen molar-refractivity contribution < 1.29 is 4.79 Å². The topological polar surface area (TPSA) is 83.8 Å². The molecule has 18 heavy (non-hydrogen) atoms. The van der Waals surface area contributed by atoms with Gasteiger partial charge in [-0.2, -0.15) is 0 Å². The van der Waals surface area contributed by atoms with Crippen molar-refractivity contribution in [3.8, 4) is 0 Å². The molecule has 102 valence electrons. The first-order valence-corrected chi connectivity index (χ1v) is 6.40. The number of aryl methyl sites for hydroxylation is 1. The number of H-pyrrole nitrogens is 1. The largest absolute Gasteiger partial charge is 0.356 e. The molecule has 0 aliphatic rings. The molecule has 1 unspecified atom stereocenters. The molecule has 0 aromatic carbocycles. The van der Waals surface area contributed by atoms with Gasteiger partial charge < -0.3 is 16.0 Å². The van der Waals surface area contributed by atoms with E-state index in [0.717, 1.165) is 18.7 Å². The average Bonchev–Trinajstić information content (AvgIpc) is 2.75. The third-order valence-electron chi connectivity index (χ3n) is 2.99. The van der Waals surface area contributed by atoms with Crippen LogP contribution in [0.25, 0.3) is 0 Å². The number of hydrogen-bond acceptors (Lipinski definition) is 3. The molecule has 1 amide bonds. The highest BCUT2D eigenvalue weighted by Gasteiger charge is 2.22. The maximum atomic E-state index is 11.6. The molecule has 0 aliphatic carbocycles. The van der Waals surface area contributed by atoms with Crippen LogP contribution in [0, 0.1) is 5.41 Å². The van der Waals surface area contributed by atoms with Gasteiger partial charge in [-0.05, 0) is 11.8 Å². The second-order valence-electron chi connectivity index (χ2n) is 5.67. The first-order valence-electron chi connectivity index (χ1n) is 6.40. The molecule has 1 aromatic heterocycles. The lowest BCUT2D eigenvalue weighted by Gasteiger charge is -2.26. The van der Waals surface area contributed by atoms with Crippen LogP contribution in [0.4, 0.5) is 0 Å². The Bertz CT molecular complexity index is 354. The van der Waals surface area contributed by atoms with E-state index in [1.165, 1.54) is 0 Å². The molecule has 0 bridgehead atoms. The van der Waals surface area contributed by atoms with Crippen LogP contribution in [0.5, 0.6) is 0 Å². The molecule has 5 nitrogen and oxygen atoms in total. The molecule has 0 fully saturated rings. The lowest BCUT2D eigenvalue weighted by Crippen LogP contribution is -2.40. The van der Waals surface area contributed by atoms with Gasteiger partial charge in [0, 0.05) is 37.8 Å². The van der Waals surface area contributed by atoms with Gasteiger partial charge in [0.05, 0.1) is 0 Å². The van der Waals surface area contributed by atoms with Crippen molar-refractivity contribution in [2.45, 2.75) is 46.1 Å². The molecule has 5 heteroatoms. The minimum Gasteiger partial charge on any atom is -0.356 e. The normalized spacial score (nSPS) is 13.3. The summed E-state index contributed by atoms with van der Waals surface area (Å²) in [6.45, 7) is 6.79. The highest BCUT2D eigenvalue weighted by atomic mass is 16.1. The van der Waals surface area contributed by atoms with Crippen molar-refractivity contribution in [2.24, 2.45) is 11.1 Å². The Labute approximate surface area is 109 Å². The number of amides is 1. The fraction of sp³-hybridized carbons (Fsp3) is 0.692. The quantitative estimate of drug-likeness (QED) is 0.666. The van der Waals surface area contributed by atoms with Crippen LogP contribution in [-0.4, -0.2) is 28.5 Å². The Hall–Kier alpha value is -1.36. The number of nitrogens with one attached hydrogen (secondary N) is 2. The average molecular weight is 252 g/mol. The maximum absolute atomic E-state index is 11.6. The van der Waals surface area contributed by atoms with Gasteiger partial charge in [0.15, 0.2) is 0 Å². The number of hydrogen-bond donors (Lipinski definition) is 3. The van der Waals surface area contributed by atoms with Crippen LogP contribution >= 0.6 is 0 Å². The third kappa shape index (κ3) is 5.31. The third-order valence-corrected chi connectivity index (χ3v) is 2.99. The fourth-order valence-electron chi connectivity index (χ4n) is 1.50. The number of rotatable bonds is 6. The summed E-state index contributed by atoms with van der Waals surface area (Å²) < 4.78 is 0. The van der Waals surface area contributed by atoms with E-state index in [1.807, 2.05) is 20.8 Å². The van der Waals surface area contributed by atoms with E-state index in [1.54, 1.807) is 12.4 Å². The Kier molecular flexibility index (Phi) is 5.34. The molecule has 1 rings (SSSR count). The van der Waals surface area contributed by atoms with Crippen molar-refractivity contribution in [1.29, 1.82) is 0 Å². The van der Waals surface area contributed by atoms with E-state index in [4.69, 9.17) is 5.73 Å². The van der Waals surface area contributed by atoms with E-state index >= 15 is 0 Å². The first-order chi connectivity index (χ1) is 8.39. The number of carbonyl (C=O) groups excluding carboxylic acids is 1. The number of carbonyl (C=O) groups is 1. The van der Waals surface area contributed by atoms with Crippen LogP contribution in [-0.2, 0) is 11.2 Å². The number of nitrogens with zero attached hydrogens (tertiary/aromatic N) is 1. The molecular formula is C13H24N4O. The lowest BCUT2D eigenvalue weighted by molar-refractivity contribution is -0.121. The lowest BCUT2D eigenvalue weighted by atomic mass is 9.85. The predicted molar refractivity (Wildman–Crippen MR) is 72.0 cm³/mol. The number of imidazole rings is 1. The summed E-state index contributed by atoms with van der Waals surface area (Å²) in [5.74, 6) is 0.979. The summed E-state index contributed by atoms with van der Waals surface area (Å²) in [5, 5.41) is 2.89. The molecule has 1 atom stereocenters. The van der Waals surface area contributed by atoms with E-state index in [-0.39, 0.29) is 17.4 Å². The Balaban J connectivity index is 2.14. The summed E-state index contributed by atoms with van der Waals surface area (Å²) in [4.78, 5) is 18.8. The smallest absolute Gasteiger partial charge is 0.221 e. The van der Waals surface area contributed by atoms with E-state index in [2.05, 4.69) is 15.3 Å². The fourth-order valence-corrected chi connectivity index (χ4v) is 1.50. The maximum Gasteiger partial charge on any atom is 0.221 e. The Morgan fingerprint density at radius 2 is 2.28 bits per heavy atom. The minimum absolute atomic E-state index is 0.0249. The highest BCUT2D eigenvalue weighted by Crippen LogP contribution is 2.19. The summed E-state index contributed by atoms with van der Waals surface area (Å²) in [7, 11) is 0. The number of aromatic nitrogens is 2. The molecule has 1 heterocycles. The number of nitrogens with two attached hydrogens (primary N) is 1. The second kappa shape index (κ2) is 6.54. The Morgan fingerprint density at radius 1 is 1.56 bits per heavy atom. The van der Waals surface area contributed by atoms with Gasteiger partial charge in [-0.3, -0.25) is 4.79 Å². The molecule has 0 aliphatic heterocycles. The predicted octanol–water partition coefficient (Wildman–Crippen LogP) is 1.22. The zero-order chi connectivity index (χ0) is 13.6. The standard InChI is InChI=1S/C13H24N4O/c1-13(2,3)10(14)9-12(18)17-6-4-5-11-15-7-8-16-11/h7-8,10H,4-6,9,14H2,1-3H3,(H,15,16)(H,17,18). The summed E-state index contributed by atoms with van der Waals surface area (Å²) in [6.07, 6.45) is 5.64. The van der Waals surface area contributed by atoms with E-state index < -0.39 is 0 Å². The van der Waals surface area contributed by atoms with Gasteiger partial charge in [-0.1, -0.05) is 20.8 Å². The second-order valence-corrected chi connectivity index (χ2v) is 5.67. The van der Waals surface area contributed by atoms with Crippen molar-refractivity contribution in [1.82, 2.24) is 15.3 Å². The summed E-state index contributed by atoms with van der Waals surface area (Å²) in [5.41, 5.74) is 5.92. The zero-order valence-electron chi connectivity index (χ0n) is 11.5. The minimum atomic E-state index is -0.109. The zero-order valence-corrected chi connectivity index (χ0v) is 11.5. The highest BCUT2D eigenvalue weighted by molar-refractivity contribution is 5.76. The van der Waals surface area contributed by atoms with Gasteiger partial charge in [-0.15, -0.1) is 0 Å². The van der Waals surface area contributed by atoms with Crippen molar-refractivity contribution in [3.05, 3.63) is 18.2 Å². The van der Waals surface area contributed by atoms with Crippen molar-refractivity contribution in [2.75, 3.05) is 6.54 Å². The van der Waals surface area contributed by atoms with Crippen molar-refractivity contribution >= 4 is 5.91 Å². The molecule has 0 spiro atoms. The van der Waals surface area contributed by atoms with Gasteiger partial charge in [0.1, 0.15) is 5.82 Å². The van der Waals surface area contributed by atoms with Gasteiger partial charge in [0.25, 0.3) is 0 Å². The van der Waals surface area contributed by atoms with Gasteiger partial charge in [0.2, 0.25) is 5.91 Å².